The maximum absolute atomic E-state index is 13.3. The first kappa shape index (κ1) is 27.4. The topological polar surface area (TPSA) is 163 Å². The van der Waals surface area contributed by atoms with Crippen molar-refractivity contribution >= 4 is 21.4 Å². The lowest BCUT2D eigenvalue weighted by molar-refractivity contribution is -0.145. The van der Waals surface area contributed by atoms with Gasteiger partial charge in [0.25, 0.3) is 5.82 Å². The van der Waals surface area contributed by atoms with Crippen LogP contribution in [-0.4, -0.2) is 56.5 Å². The number of benzene rings is 2. The minimum Gasteiger partial charge on any atom is -0.420 e. The third-order valence-electron chi connectivity index (χ3n) is 6.06. The third-order valence-corrected chi connectivity index (χ3v) is 7.87. The van der Waals surface area contributed by atoms with Crippen molar-refractivity contribution in [2.24, 2.45) is 5.73 Å². The Morgan fingerprint density at radius 1 is 1.05 bits per heavy atom. The van der Waals surface area contributed by atoms with E-state index in [9.17, 15) is 26.4 Å². The number of rotatable bonds is 4. The predicted octanol–water partition coefficient (Wildman–Crippen LogP) is 2.68. The molecule has 0 aliphatic carbocycles. The molecule has 210 valence electrons. The first-order valence-electron chi connectivity index (χ1n) is 11.9. The van der Waals surface area contributed by atoms with E-state index in [4.69, 9.17) is 10.2 Å². The van der Waals surface area contributed by atoms with Gasteiger partial charge in [0.15, 0.2) is 9.84 Å². The molecule has 1 aliphatic rings. The summed E-state index contributed by atoms with van der Waals surface area (Å²) in [4.78, 5) is 15.2. The van der Waals surface area contributed by atoms with Gasteiger partial charge in [0, 0.05) is 11.0 Å². The lowest BCUT2D eigenvalue weighted by atomic mass is 9.97. The quantitative estimate of drug-likeness (QED) is 0.382. The van der Waals surface area contributed by atoms with Crippen molar-refractivity contribution in [1.82, 2.24) is 30.4 Å². The summed E-state index contributed by atoms with van der Waals surface area (Å²) in [5.41, 5.74) is 6.78. The molecule has 0 saturated carbocycles. The molecule has 16 heteroatoms. The van der Waals surface area contributed by atoms with E-state index >= 15 is 0 Å². The number of halogens is 3. The molecule has 4 aromatic rings. The fraction of sp³-hybridized carbons (Fsp3) is 0.333. The summed E-state index contributed by atoms with van der Waals surface area (Å²) in [5, 5.41) is 17.9. The lowest BCUT2D eigenvalue weighted by Gasteiger charge is -2.24. The zero-order valence-corrected chi connectivity index (χ0v) is 22.2. The molecule has 0 saturated heterocycles. The summed E-state index contributed by atoms with van der Waals surface area (Å²) in [6, 6.07) is 9.02. The Morgan fingerprint density at radius 2 is 1.75 bits per heavy atom. The van der Waals surface area contributed by atoms with Crippen molar-refractivity contribution in [3.63, 3.8) is 0 Å². The van der Waals surface area contributed by atoms with Crippen LogP contribution in [0.25, 0.3) is 17.1 Å². The number of hydrogen-bond acceptors (Lipinski definition) is 10. The van der Waals surface area contributed by atoms with Crippen molar-refractivity contribution in [3.05, 3.63) is 59.7 Å². The van der Waals surface area contributed by atoms with Crippen molar-refractivity contribution in [2.75, 3.05) is 10.7 Å². The van der Waals surface area contributed by atoms with E-state index in [1.54, 1.807) is 12.1 Å². The molecule has 3 heterocycles. The number of sulfone groups is 1. The number of anilines is 1. The van der Waals surface area contributed by atoms with Crippen LogP contribution in [-0.2, 0) is 32.8 Å². The normalized spacial score (nSPS) is 17.5. The molecule has 0 bridgehead atoms. The molecule has 0 spiro atoms. The maximum atomic E-state index is 13.3. The van der Waals surface area contributed by atoms with Gasteiger partial charge in [0.05, 0.1) is 34.6 Å². The minimum atomic E-state index is -4.74. The van der Waals surface area contributed by atoms with Crippen LogP contribution in [0.5, 0.6) is 0 Å². The van der Waals surface area contributed by atoms with Crippen LogP contribution in [0.3, 0.4) is 0 Å². The van der Waals surface area contributed by atoms with Gasteiger partial charge in [-0.3, -0.25) is 4.79 Å². The average molecular weight is 577 g/mol. The first-order valence-corrected chi connectivity index (χ1v) is 13.5. The highest BCUT2D eigenvalue weighted by Crippen LogP contribution is 2.36. The summed E-state index contributed by atoms with van der Waals surface area (Å²) in [6.07, 6.45) is -4.74. The maximum Gasteiger partial charge on any atom is 0.455 e. The van der Waals surface area contributed by atoms with Gasteiger partial charge < -0.3 is 15.1 Å². The standard InChI is InChI=1S/C24H23F3N8O4S/c1-23(2,3)22-31-29-19(39-22)14-6-9-18-17(10-14)34(20(36)16(28)12-40(18,37)38)11-13-4-7-15(8-5-13)35-32-21(30-33-35)24(25,26)27/h4-10,16H,11-12,28H2,1-3H3/t16-/m0/s1. The Kier molecular flexibility index (Phi) is 6.49. The van der Waals surface area contributed by atoms with Crippen LogP contribution >= 0.6 is 0 Å². The van der Waals surface area contributed by atoms with E-state index in [0.717, 1.165) is 4.80 Å². The van der Waals surface area contributed by atoms with E-state index < -0.39 is 45.0 Å². The Balaban J connectivity index is 1.51. The molecule has 0 radical (unpaired) electrons. The highest BCUT2D eigenvalue weighted by atomic mass is 32.2. The number of fused-ring (bicyclic) bond motifs is 1. The molecule has 2 aromatic carbocycles. The van der Waals surface area contributed by atoms with Crippen LogP contribution in [0.4, 0.5) is 18.9 Å². The average Bonchev–Trinajstić information content (AvgIpc) is 3.56. The van der Waals surface area contributed by atoms with Gasteiger partial charge in [-0.05, 0) is 41.1 Å². The van der Waals surface area contributed by atoms with Crippen LogP contribution in [0.2, 0.25) is 0 Å². The van der Waals surface area contributed by atoms with Crippen molar-refractivity contribution in [1.29, 1.82) is 0 Å². The third kappa shape index (κ3) is 5.19. The van der Waals surface area contributed by atoms with Crippen LogP contribution in [0, 0.1) is 0 Å². The number of carbonyl (C=O) groups excluding carboxylic acids is 1. The van der Waals surface area contributed by atoms with Gasteiger partial charge in [-0.25, -0.2) is 8.42 Å². The van der Waals surface area contributed by atoms with Crippen LogP contribution in [0.1, 0.15) is 38.0 Å². The highest BCUT2D eigenvalue weighted by molar-refractivity contribution is 7.91. The molecule has 1 aliphatic heterocycles. The molecule has 0 fully saturated rings. The van der Waals surface area contributed by atoms with Gasteiger partial charge >= 0.3 is 6.18 Å². The monoisotopic (exact) mass is 576 g/mol. The lowest BCUT2D eigenvalue weighted by Crippen LogP contribution is -2.45. The number of nitrogens with two attached hydrogens (primary N) is 1. The zero-order valence-electron chi connectivity index (χ0n) is 21.4. The number of alkyl halides is 3. The van der Waals surface area contributed by atoms with E-state index in [1.807, 2.05) is 20.8 Å². The first-order chi connectivity index (χ1) is 18.6. The molecule has 2 N–H and O–H groups in total. The van der Waals surface area contributed by atoms with Crippen LogP contribution < -0.4 is 10.6 Å². The number of nitrogens with zero attached hydrogens (tertiary/aromatic N) is 7. The van der Waals surface area contributed by atoms with Crippen molar-refractivity contribution < 1.29 is 30.8 Å². The molecule has 40 heavy (non-hydrogen) atoms. The van der Waals surface area contributed by atoms with Crippen molar-refractivity contribution in [3.8, 4) is 17.1 Å². The Morgan fingerprint density at radius 3 is 2.35 bits per heavy atom. The molecule has 2 aromatic heterocycles. The van der Waals surface area contributed by atoms with Gasteiger partial charge in [-0.1, -0.05) is 32.9 Å². The second kappa shape index (κ2) is 9.48. The predicted molar refractivity (Wildman–Crippen MR) is 134 cm³/mol. The van der Waals surface area contributed by atoms with E-state index in [2.05, 4.69) is 25.6 Å². The molecule has 12 nitrogen and oxygen atoms in total. The molecule has 1 atom stereocenters. The largest absolute Gasteiger partial charge is 0.455 e. The fourth-order valence-corrected chi connectivity index (χ4v) is 5.56. The Hall–Kier alpha value is -4.18. The van der Waals surface area contributed by atoms with E-state index in [1.165, 1.54) is 35.2 Å². The smallest absolute Gasteiger partial charge is 0.420 e. The van der Waals surface area contributed by atoms with Gasteiger partial charge in [0.2, 0.25) is 17.7 Å². The molecule has 0 unspecified atom stereocenters. The fourth-order valence-electron chi connectivity index (χ4n) is 4.00. The van der Waals surface area contributed by atoms with E-state index in [0.29, 0.717) is 17.0 Å². The number of hydrogen-bond donors (Lipinski definition) is 1. The van der Waals surface area contributed by atoms with Crippen LogP contribution in [0.15, 0.2) is 51.8 Å². The number of carbonyl (C=O) groups is 1. The van der Waals surface area contributed by atoms with Crippen molar-refractivity contribution in [2.45, 2.75) is 49.8 Å². The second-order valence-electron chi connectivity index (χ2n) is 10.2. The second-order valence-corrected chi connectivity index (χ2v) is 12.2. The minimum absolute atomic E-state index is 0.0859. The molecule has 5 rings (SSSR count). The summed E-state index contributed by atoms with van der Waals surface area (Å²) < 4.78 is 70.5. The zero-order chi connectivity index (χ0) is 29.0. The summed E-state index contributed by atoms with van der Waals surface area (Å²) >= 11 is 0. The SMILES string of the molecule is CC(C)(C)c1nnc(-c2ccc3c(c2)N(Cc2ccc(-n4nnc(C(F)(F)F)n4)cc2)C(=O)[C@@H](N)CS3(=O)=O)o1. The van der Waals surface area contributed by atoms with E-state index in [-0.39, 0.29) is 28.7 Å². The summed E-state index contributed by atoms with van der Waals surface area (Å²) in [6.45, 7) is 5.60. The number of amides is 1. The Bertz CT molecular complexity index is 1690. The van der Waals surface area contributed by atoms with Gasteiger partial charge in [0.1, 0.15) is 0 Å². The highest BCUT2D eigenvalue weighted by Gasteiger charge is 2.38. The Labute approximate surface area is 225 Å². The van der Waals surface area contributed by atoms with Gasteiger partial charge in [-0.2, -0.15) is 13.2 Å². The summed E-state index contributed by atoms with van der Waals surface area (Å²) in [5.74, 6) is -2.07. The molecule has 1 amide bonds. The molecular weight excluding hydrogens is 553 g/mol. The van der Waals surface area contributed by atoms with Gasteiger partial charge in [-0.15, -0.1) is 25.2 Å². The summed E-state index contributed by atoms with van der Waals surface area (Å²) in [7, 11) is -3.93. The molecular formula is C24H23F3N8O4S. The number of aromatic nitrogens is 6. The number of tetrazole rings is 1.